The molecule has 0 bridgehead atoms. The molecule has 2 aromatic heterocycles. The van der Waals surface area contributed by atoms with E-state index in [2.05, 4.69) is 15.5 Å². The summed E-state index contributed by atoms with van der Waals surface area (Å²) in [6, 6.07) is 16.9. The normalized spacial score (nSPS) is 10.8. The van der Waals surface area contributed by atoms with Gasteiger partial charge in [0.15, 0.2) is 0 Å². The summed E-state index contributed by atoms with van der Waals surface area (Å²) in [5.74, 6) is -0.433. The highest BCUT2D eigenvalue weighted by Crippen LogP contribution is 2.38. The molecular formula is C24H19ClFN3O2. The maximum Gasteiger partial charge on any atom is 0.239 e. The minimum Gasteiger partial charge on any atom is -0.337 e. The summed E-state index contributed by atoms with van der Waals surface area (Å²) < 4.78 is 19.0. The van der Waals surface area contributed by atoms with Crippen LogP contribution in [0.1, 0.15) is 17.0 Å². The van der Waals surface area contributed by atoms with Crippen LogP contribution in [0.25, 0.3) is 22.4 Å². The summed E-state index contributed by atoms with van der Waals surface area (Å²) in [6.45, 7) is 3.77. The van der Waals surface area contributed by atoms with E-state index in [0.717, 1.165) is 17.0 Å². The molecular weight excluding hydrogens is 417 g/mol. The number of pyridine rings is 1. The van der Waals surface area contributed by atoms with Crippen molar-refractivity contribution in [3.63, 3.8) is 0 Å². The van der Waals surface area contributed by atoms with Gasteiger partial charge in [0.2, 0.25) is 11.8 Å². The van der Waals surface area contributed by atoms with Crippen molar-refractivity contribution in [2.75, 3.05) is 5.32 Å². The van der Waals surface area contributed by atoms with Gasteiger partial charge in [-0.1, -0.05) is 35.0 Å². The second-order valence-electron chi connectivity index (χ2n) is 7.20. The molecule has 31 heavy (non-hydrogen) atoms. The van der Waals surface area contributed by atoms with Crippen molar-refractivity contribution in [3.05, 3.63) is 88.5 Å². The predicted octanol–water partition coefficient (Wildman–Crippen LogP) is 5.99. The summed E-state index contributed by atoms with van der Waals surface area (Å²) in [7, 11) is 0. The molecule has 0 aliphatic carbocycles. The highest BCUT2D eigenvalue weighted by Gasteiger charge is 2.22. The zero-order chi connectivity index (χ0) is 22.0. The first-order chi connectivity index (χ1) is 14.9. The Hall–Kier alpha value is -3.51. The van der Waals surface area contributed by atoms with Gasteiger partial charge in [-0.15, -0.1) is 0 Å². The second-order valence-corrected chi connectivity index (χ2v) is 7.60. The average Bonchev–Trinajstić information content (AvgIpc) is 3.13. The quantitative estimate of drug-likeness (QED) is 0.417. The van der Waals surface area contributed by atoms with Gasteiger partial charge in [-0.25, -0.2) is 4.39 Å². The van der Waals surface area contributed by atoms with Crippen LogP contribution in [0.2, 0.25) is 5.02 Å². The molecule has 5 nitrogen and oxygen atoms in total. The number of hydrogen-bond acceptors (Lipinski definition) is 4. The number of nitrogens with one attached hydrogen (secondary N) is 1. The SMILES string of the molecule is Cc1cc(-c2c(-c3ccc(F)cc3)noc2NC(=O)Cc2ccccc2Cl)cc(C)n1. The molecule has 0 aliphatic heterocycles. The first kappa shape index (κ1) is 20.8. The maximum atomic E-state index is 13.4. The zero-order valence-electron chi connectivity index (χ0n) is 16.9. The fourth-order valence-corrected chi connectivity index (χ4v) is 3.61. The minimum atomic E-state index is -0.349. The van der Waals surface area contributed by atoms with E-state index in [1.165, 1.54) is 12.1 Å². The number of aryl methyl sites for hydroxylation is 2. The van der Waals surface area contributed by atoms with Crippen LogP contribution in [0.5, 0.6) is 0 Å². The minimum absolute atomic E-state index is 0.0834. The van der Waals surface area contributed by atoms with Crippen LogP contribution < -0.4 is 5.32 Å². The molecule has 0 atom stereocenters. The topological polar surface area (TPSA) is 68.0 Å². The molecule has 2 heterocycles. The molecule has 1 N–H and O–H groups in total. The van der Waals surface area contributed by atoms with E-state index in [1.807, 2.05) is 32.0 Å². The highest BCUT2D eigenvalue weighted by molar-refractivity contribution is 6.31. The molecule has 7 heteroatoms. The highest BCUT2D eigenvalue weighted by atomic mass is 35.5. The molecule has 0 unspecified atom stereocenters. The second kappa shape index (κ2) is 8.70. The lowest BCUT2D eigenvalue weighted by atomic mass is 10.00. The Bertz CT molecular complexity index is 1230. The number of halogens is 2. The summed E-state index contributed by atoms with van der Waals surface area (Å²) in [4.78, 5) is 17.1. The van der Waals surface area contributed by atoms with Crippen LogP contribution in [0.4, 0.5) is 10.3 Å². The van der Waals surface area contributed by atoms with Gasteiger partial charge >= 0.3 is 0 Å². The van der Waals surface area contributed by atoms with Crippen molar-refractivity contribution >= 4 is 23.4 Å². The van der Waals surface area contributed by atoms with Gasteiger partial charge in [0, 0.05) is 22.0 Å². The zero-order valence-corrected chi connectivity index (χ0v) is 17.7. The van der Waals surface area contributed by atoms with E-state index in [9.17, 15) is 9.18 Å². The van der Waals surface area contributed by atoms with Gasteiger partial charge in [0.05, 0.1) is 12.0 Å². The van der Waals surface area contributed by atoms with Crippen LogP contribution >= 0.6 is 11.6 Å². The van der Waals surface area contributed by atoms with Gasteiger partial charge in [0.25, 0.3) is 0 Å². The van der Waals surface area contributed by atoms with Crippen molar-refractivity contribution in [2.45, 2.75) is 20.3 Å². The Morgan fingerprint density at radius 3 is 2.39 bits per heavy atom. The van der Waals surface area contributed by atoms with E-state index in [-0.39, 0.29) is 24.0 Å². The first-order valence-electron chi connectivity index (χ1n) is 9.65. The third-order valence-corrected chi connectivity index (χ3v) is 5.11. The van der Waals surface area contributed by atoms with Crippen LogP contribution in [0.15, 0.2) is 65.2 Å². The van der Waals surface area contributed by atoms with E-state index < -0.39 is 0 Å². The Morgan fingerprint density at radius 2 is 1.71 bits per heavy atom. The van der Waals surface area contributed by atoms with Crippen molar-refractivity contribution in [1.82, 2.24) is 10.1 Å². The first-order valence-corrected chi connectivity index (χ1v) is 10.0. The van der Waals surface area contributed by atoms with E-state index >= 15 is 0 Å². The molecule has 156 valence electrons. The van der Waals surface area contributed by atoms with Crippen molar-refractivity contribution in [2.24, 2.45) is 0 Å². The molecule has 4 rings (SSSR count). The molecule has 1 amide bonds. The van der Waals surface area contributed by atoms with E-state index in [4.69, 9.17) is 16.1 Å². The van der Waals surface area contributed by atoms with E-state index in [0.29, 0.717) is 27.4 Å². The largest absolute Gasteiger partial charge is 0.337 e. The predicted molar refractivity (Wildman–Crippen MR) is 118 cm³/mol. The van der Waals surface area contributed by atoms with Gasteiger partial charge < -0.3 is 4.52 Å². The number of rotatable bonds is 5. The Morgan fingerprint density at radius 1 is 1.03 bits per heavy atom. The number of carbonyl (C=O) groups is 1. The van der Waals surface area contributed by atoms with Crippen LogP contribution in [0.3, 0.4) is 0 Å². The number of anilines is 1. The molecule has 4 aromatic rings. The van der Waals surface area contributed by atoms with Crippen LogP contribution in [-0.2, 0) is 11.2 Å². The van der Waals surface area contributed by atoms with Crippen molar-refractivity contribution in [1.29, 1.82) is 0 Å². The molecule has 0 saturated carbocycles. The molecule has 0 aliphatic rings. The van der Waals surface area contributed by atoms with Gasteiger partial charge in [0.1, 0.15) is 11.5 Å². The molecule has 0 radical (unpaired) electrons. The number of benzene rings is 2. The smallest absolute Gasteiger partial charge is 0.239 e. The number of aromatic nitrogens is 2. The number of nitrogens with zero attached hydrogens (tertiary/aromatic N) is 2. The van der Waals surface area contributed by atoms with Gasteiger partial charge in [-0.2, -0.15) is 0 Å². The number of hydrogen-bond donors (Lipinski definition) is 1. The lowest BCUT2D eigenvalue weighted by Gasteiger charge is -2.09. The van der Waals surface area contributed by atoms with Crippen molar-refractivity contribution < 1.29 is 13.7 Å². The summed E-state index contributed by atoms with van der Waals surface area (Å²) >= 11 is 6.18. The standard InChI is InChI=1S/C24H19ClFN3O2/c1-14-11-18(12-15(2)27-14)22-23(16-7-9-19(26)10-8-16)29-31-24(22)28-21(30)13-17-5-3-4-6-20(17)25/h3-12H,13H2,1-2H3,(H,28,30). The van der Waals surface area contributed by atoms with E-state index in [1.54, 1.807) is 30.3 Å². The Kier molecular flexibility index (Phi) is 5.82. The molecule has 0 saturated heterocycles. The fraction of sp³-hybridized carbons (Fsp3) is 0.125. The third kappa shape index (κ3) is 4.64. The summed E-state index contributed by atoms with van der Waals surface area (Å²) in [5.41, 5.74) is 4.89. The molecule has 0 fully saturated rings. The monoisotopic (exact) mass is 435 g/mol. The summed E-state index contributed by atoms with van der Waals surface area (Å²) in [6.07, 6.45) is 0.0834. The van der Waals surface area contributed by atoms with Gasteiger partial charge in [-0.3, -0.25) is 15.1 Å². The summed E-state index contributed by atoms with van der Waals surface area (Å²) in [5, 5.41) is 7.49. The third-order valence-electron chi connectivity index (χ3n) is 4.74. The average molecular weight is 436 g/mol. The Labute approximate surface area is 183 Å². The van der Waals surface area contributed by atoms with Crippen molar-refractivity contribution in [3.8, 4) is 22.4 Å². The van der Waals surface area contributed by atoms with Crippen LogP contribution in [-0.4, -0.2) is 16.0 Å². The molecule has 2 aromatic carbocycles. The maximum absolute atomic E-state index is 13.4. The fourth-order valence-electron chi connectivity index (χ4n) is 3.41. The lowest BCUT2D eigenvalue weighted by Crippen LogP contribution is -2.14. The number of carbonyl (C=O) groups excluding carboxylic acids is 1. The molecule has 0 spiro atoms. The number of amides is 1. The Balaban J connectivity index is 1.74. The van der Waals surface area contributed by atoms with Crippen LogP contribution in [0, 0.1) is 19.7 Å². The lowest BCUT2D eigenvalue weighted by molar-refractivity contribution is -0.115. The van der Waals surface area contributed by atoms with Gasteiger partial charge in [-0.05, 0) is 67.4 Å².